The first kappa shape index (κ1) is 11.9. The lowest BCUT2D eigenvalue weighted by atomic mass is 10.3. The second-order valence-corrected chi connectivity index (χ2v) is 6.18. The van der Waals surface area contributed by atoms with Gasteiger partial charge in [0, 0.05) is 12.5 Å². The molecule has 2 aromatic heterocycles. The fraction of sp³-hybridized carbons (Fsp3) is 0.0769. The summed E-state index contributed by atoms with van der Waals surface area (Å²) in [7, 11) is -3.34. The summed E-state index contributed by atoms with van der Waals surface area (Å²) >= 11 is 0. The number of imidazole rings is 1. The zero-order chi connectivity index (χ0) is 13.5. The average Bonchev–Trinajstić information content (AvgIpc) is 2.81. The fourth-order valence-electron chi connectivity index (χ4n) is 1.98. The van der Waals surface area contributed by atoms with E-state index in [2.05, 4.69) is 9.97 Å². The van der Waals surface area contributed by atoms with Crippen LogP contribution in [0.3, 0.4) is 0 Å². The lowest BCUT2D eigenvalue weighted by molar-refractivity contribution is 0.601. The van der Waals surface area contributed by atoms with Gasteiger partial charge in [0.1, 0.15) is 11.2 Å². The van der Waals surface area contributed by atoms with Gasteiger partial charge in [0.15, 0.2) is 15.7 Å². The molecule has 0 saturated heterocycles. The van der Waals surface area contributed by atoms with Crippen LogP contribution in [-0.4, -0.2) is 29.2 Å². The van der Waals surface area contributed by atoms with Crippen molar-refractivity contribution in [2.45, 2.75) is 4.90 Å². The Balaban J connectivity index is 2.34. The molecular weight excluding hydrogens is 262 g/mol. The van der Waals surface area contributed by atoms with Crippen LogP contribution in [0.2, 0.25) is 0 Å². The Hall–Kier alpha value is -2.21. The lowest BCUT2D eigenvalue weighted by Crippen LogP contribution is -2.06. The van der Waals surface area contributed by atoms with Crippen molar-refractivity contribution in [1.29, 1.82) is 0 Å². The van der Waals surface area contributed by atoms with Crippen molar-refractivity contribution in [3.8, 4) is 5.82 Å². The number of rotatable bonds is 2. The molecule has 0 bridgehead atoms. The van der Waals surface area contributed by atoms with Crippen LogP contribution in [0.5, 0.6) is 0 Å². The van der Waals surface area contributed by atoms with Crippen molar-refractivity contribution >= 4 is 20.9 Å². The first-order chi connectivity index (χ1) is 9.07. The van der Waals surface area contributed by atoms with Crippen molar-refractivity contribution in [2.75, 3.05) is 6.26 Å². The highest BCUT2D eigenvalue weighted by atomic mass is 32.2. The van der Waals surface area contributed by atoms with Gasteiger partial charge < -0.3 is 0 Å². The van der Waals surface area contributed by atoms with Gasteiger partial charge >= 0.3 is 0 Å². The van der Waals surface area contributed by atoms with Gasteiger partial charge in [-0.2, -0.15) is 0 Å². The average molecular weight is 273 g/mol. The van der Waals surface area contributed by atoms with Crippen LogP contribution in [0.1, 0.15) is 0 Å². The molecule has 0 radical (unpaired) electrons. The van der Waals surface area contributed by atoms with E-state index < -0.39 is 9.84 Å². The molecule has 0 atom stereocenters. The van der Waals surface area contributed by atoms with Gasteiger partial charge in [0.05, 0.1) is 11.0 Å². The monoisotopic (exact) mass is 273 g/mol. The van der Waals surface area contributed by atoms with Crippen LogP contribution in [0.4, 0.5) is 0 Å². The zero-order valence-corrected chi connectivity index (χ0v) is 11.0. The van der Waals surface area contributed by atoms with E-state index in [-0.39, 0.29) is 4.90 Å². The van der Waals surface area contributed by atoms with E-state index in [9.17, 15) is 8.42 Å². The minimum Gasteiger partial charge on any atom is -0.282 e. The topological polar surface area (TPSA) is 64.8 Å². The summed E-state index contributed by atoms with van der Waals surface area (Å²) in [5, 5.41) is 0. The highest BCUT2D eigenvalue weighted by molar-refractivity contribution is 7.90. The van der Waals surface area contributed by atoms with Crippen molar-refractivity contribution in [3.63, 3.8) is 0 Å². The molecule has 96 valence electrons. The minimum absolute atomic E-state index is 0.193. The Bertz CT molecular complexity index is 853. The predicted octanol–water partition coefficient (Wildman–Crippen LogP) is 1.82. The summed E-state index contributed by atoms with van der Waals surface area (Å²) in [6, 6.07) is 10.7. The van der Waals surface area contributed by atoms with Gasteiger partial charge in [0.25, 0.3) is 0 Å². The third kappa shape index (κ3) is 2.00. The standard InChI is InChI=1S/C13H11N3O2S/c1-19(17,18)12-7-4-8-14-13(12)16-9-15-10-5-2-3-6-11(10)16/h2-9H,1H3. The zero-order valence-electron chi connectivity index (χ0n) is 10.2. The molecule has 3 aromatic rings. The second-order valence-electron chi connectivity index (χ2n) is 4.20. The van der Waals surface area contributed by atoms with Crippen LogP contribution in [0.25, 0.3) is 16.9 Å². The maximum atomic E-state index is 11.8. The van der Waals surface area contributed by atoms with Crippen molar-refractivity contribution in [3.05, 3.63) is 48.9 Å². The highest BCUT2D eigenvalue weighted by Crippen LogP contribution is 2.21. The van der Waals surface area contributed by atoms with E-state index >= 15 is 0 Å². The summed E-state index contributed by atoms with van der Waals surface area (Å²) in [4.78, 5) is 8.62. The predicted molar refractivity (Wildman–Crippen MR) is 72.0 cm³/mol. The smallest absolute Gasteiger partial charge is 0.179 e. The number of pyridine rings is 1. The first-order valence-corrected chi connectivity index (χ1v) is 7.54. The Labute approximate surface area is 110 Å². The van der Waals surface area contributed by atoms with Crippen molar-refractivity contribution in [2.24, 2.45) is 0 Å². The molecule has 0 fully saturated rings. The van der Waals surface area contributed by atoms with E-state index in [1.54, 1.807) is 29.2 Å². The quantitative estimate of drug-likeness (QED) is 0.714. The minimum atomic E-state index is -3.34. The summed E-state index contributed by atoms with van der Waals surface area (Å²) in [6.45, 7) is 0. The van der Waals surface area contributed by atoms with Crippen molar-refractivity contribution in [1.82, 2.24) is 14.5 Å². The Morgan fingerprint density at radius 2 is 1.84 bits per heavy atom. The molecule has 0 amide bonds. The number of hydrogen-bond acceptors (Lipinski definition) is 4. The molecule has 0 aliphatic heterocycles. The van der Waals surface area contributed by atoms with E-state index in [1.807, 2.05) is 24.3 Å². The molecule has 5 nitrogen and oxygen atoms in total. The molecule has 19 heavy (non-hydrogen) atoms. The molecule has 0 spiro atoms. The van der Waals surface area contributed by atoms with E-state index in [1.165, 1.54) is 6.26 Å². The van der Waals surface area contributed by atoms with Crippen LogP contribution in [0, 0.1) is 0 Å². The third-order valence-electron chi connectivity index (χ3n) is 2.83. The summed E-state index contributed by atoms with van der Waals surface area (Å²) in [6.07, 6.45) is 4.33. The number of sulfone groups is 1. The van der Waals surface area contributed by atoms with Gasteiger partial charge in [-0.3, -0.25) is 4.57 Å². The Morgan fingerprint density at radius 1 is 1.05 bits per heavy atom. The molecule has 6 heteroatoms. The highest BCUT2D eigenvalue weighted by Gasteiger charge is 2.16. The molecule has 3 rings (SSSR count). The lowest BCUT2D eigenvalue weighted by Gasteiger charge is -2.08. The molecular formula is C13H11N3O2S. The van der Waals surface area contributed by atoms with E-state index in [0.717, 1.165) is 11.0 Å². The summed E-state index contributed by atoms with van der Waals surface area (Å²) in [5.41, 5.74) is 1.62. The van der Waals surface area contributed by atoms with Gasteiger partial charge in [-0.15, -0.1) is 0 Å². The largest absolute Gasteiger partial charge is 0.282 e. The van der Waals surface area contributed by atoms with Gasteiger partial charge in [-0.05, 0) is 24.3 Å². The van der Waals surface area contributed by atoms with Crippen LogP contribution < -0.4 is 0 Å². The summed E-state index contributed by atoms with van der Waals surface area (Å²) in [5.74, 6) is 0.374. The van der Waals surface area contributed by atoms with Crippen LogP contribution in [-0.2, 0) is 9.84 Å². The normalized spacial score (nSPS) is 11.8. The first-order valence-electron chi connectivity index (χ1n) is 5.65. The molecule has 0 aliphatic carbocycles. The molecule has 0 N–H and O–H groups in total. The molecule has 0 saturated carbocycles. The molecule has 0 unspecified atom stereocenters. The van der Waals surface area contributed by atoms with Gasteiger partial charge in [-0.25, -0.2) is 18.4 Å². The maximum Gasteiger partial charge on any atom is 0.179 e. The fourth-order valence-corrected chi connectivity index (χ4v) is 2.79. The maximum absolute atomic E-state index is 11.8. The summed E-state index contributed by atoms with van der Waals surface area (Å²) < 4.78 is 25.3. The van der Waals surface area contributed by atoms with Gasteiger partial charge in [-0.1, -0.05) is 12.1 Å². The molecule has 2 heterocycles. The van der Waals surface area contributed by atoms with Crippen LogP contribution in [0.15, 0.2) is 53.8 Å². The number of aromatic nitrogens is 3. The van der Waals surface area contributed by atoms with Crippen molar-refractivity contribution < 1.29 is 8.42 Å². The number of fused-ring (bicyclic) bond motifs is 1. The Kier molecular flexibility index (Phi) is 2.60. The SMILES string of the molecule is CS(=O)(=O)c1cccnc1-n1cnc2ccccc21. The van der Waals surface area contributed by atoms with Gasteiger partial charge in [0.2, 0.25) is 0 Å². The number of benzene rings is 1. The number of para-hydroxylation sites is 2. The molecule has 1 aromatic carbocycles. The molecule has 0 aliphatic rings. The second kappa shape index (κ2) is 4.17. The van der Waals surface area contributed by atoms with Crippen LogP contribution >= 0.6 is 0 Å². The number of hydrogen-bond donors (Lipinski definition) is 0. The van der Waals surface area contributed by atoms with E-state index in [4.69, 9.17) is 0 Å². The Morgan fingerprint density at radius 3 is 2.63 bits per heavy atom. The third-order valence-corrected chi connectivity index (χ3v) is 3.95. The number of nitrogens with zero attached hydrogens (tertiary/aromatic N) is 3. The van der Waals surface area contributed by atoms with E-state index in [0.29, 0.717) is 5.82 Å².